The number of ether oxygens (including phenoxy) is 1. The molecule has 2 rings (SSSR count). The van der Waals surface area contributed by atoms with Gasteiger partial charge < -0.3 is 10.5 Å². The van der Waals surface area contributed by atoms with Gasteiger partial charge in [0.1, 0.15) is 12.4 Å². The van der Waals surface area contributed by atoms with Crippen LogP contribution in [0.15, 0.2) is 23.6 Å². The largest absolute Gasteiger partial charge is 0.486 e. The van der Waals surface area contributed by atoms with Crippen molar-refractivity contribution >= 4 is 22.9 Å². The average molecular weight is 297 g/mol. The third-order valence-electron chi connectivity index (χ3n) is 2.76. The summed E-state index contributed by atoms with van der Waals surface area (Å²) in [5.74, 6) is 0.664. The van der Waals surface area contributed by atoms with Crippen LogP contribution in [-0.2, 0) is 13.0 Å². The molecule has 0 fully saturated rings. The molecule has 1 heterocycles. The highest BCUT2D eigenvalue weighted by atomic mass is 35.5. The topological polar surface area (TPSA) is 48.1 Å². The maximum Gasteiger partial charge on any atom is 0.138 e. The van der Waals surface area contributed by atoms with Crippen LogP contribution in [0, 0.1) is 0 Å². The van der Waals surface area contributed by atoms with Crippen LogP contribution in [0.25, 0.3) is 0 Å². The Balaban J connectivity index is 2.03. The Morgan fingerprint density at radius 1 is 1.47 bits per heavy atom. The van der Waals surface area contributed by atoms with Crippen molar-refractivity contribution < 1.29 is 4.74 Å². The SMILES string of the molecule is CCc1nc(COc2ccc([C@@H](C)N)cc2Cl)cs1. The van der Waals surface area contributed by atoms with E-state index in [0.29, 0.717) is 17.4 Å². The van der Waals surface area contributed by atoms with Crippen LogP contribution < -0.4 is 10.5 Å². The van der Waals surface area contributed by atoms with Gasteiger partial charge in [-0.1, -0.05) is 24.6 Å². The van der Waals surface area contributed by atoms with Gasteiger partial charge in [0.25, 0.3) is 0 Å². The first-order chi connectivity index (χ1) is 9.10. The molecule has 0 spiro atoms. The predicted molar refractivity (Wildman–Crippen MR) is 79.9 cm³/mol. The van der Waals surface area contributed by atoms with Crippen LogP contribution in [0.3, 0.4) is 0 Å². The second-order valence-corrected chi connectivity index (χ2v) is 5.70. The molecule has 2 N–H and O–H groups in total. The summed E-state index contributed by atoms with van der Waals surface area (Å²) in [6.07, 6.45) is 0.953. The summed E-state index contributed by atoms with van der Waals surface area (Å²) < 4.78 is 5.69. The monoisotopic (exact) mass is 296 g/mol. The summed E-state index contributed by atoms with van der Waals surface area (Å²) >= 11 is 7.83. The lowest BCUT2D eigenvalue weighted by Crippen LogP contribution is -2.05. The van der Waals surface area contributed by atoms with E-state index in [1.54, 1.807) is 11.3 Å². The van der Waals surface area contributed by atoms with E-state index in [1.165, 1.54) is 0 Å². The lowest BCUT2D eigenvalue weighted by molar-refractivity contribution is 0.302. The van der Waals surface area contributed by atoms with Crippen LogP contribution in [0.5, 0.6) is 5.75 Å². The zero-order valence-electron chi connectivity index (χ0n) is 11.0. The lowest BCUT2D eigenvalue weighted by Gasteiger charge is -2.10. The summed E-state index contributed by atoms with van der Waals surface area (Å²) in [6.45, 7) is 4.45. The fourth-order valence-corrected chi connectivity index (χ4v) is 2.62. The van der Waals surface area contributed by atoms with E-state index in [4.69, 9.17) is 22.1 Å². The Hall–Kier alpha value is -1.10. The fraction of sp³-hybridized carbons (Fsp3) is 0.357. The van der Waals surface area contributed by atoms with Crippen LogP contribution in [0.4, 0.5) is 0 Å². The summed E-state index contributed by atoms with van der Waals surface area (Å²) in [4.78, 5) is 4.45. The molecule has 0 amide bonds. The van der Waals surface area contributed by atoms with Gasteiger partial charge in [0, 0.05) is 11.4 Å². The molecular weight excluding hydrogens is 280 g/mol. The van der Waals surface area contributed by atoms with E-state index in [2.05, 4.69) is 11.9 Å². The van der Waals surface area contributed by atoms with Gasteiger partial charge >= 0.3 is 0 Å². The first-order valence-electron chi connectivity index (χ1n) is 6.21. The summed E-state index contributed by atoms with van der Waals surface area (Å²) in [5.41, 5.74) is 7.75. The van der Waals surface area contributed by atoms with E-state index < -0.39 is 0 Å². The van der Waals surface area contributed by atoms with Gasteiger partial charge in [0.15, 0.2) is 0 Å². The molecule has 0 saturated heterocycles. The number of aryl methyl sites for hydroxylation is 1. The number of nitrogens with zero attached hydrogens (tertiary/aromatic N) is 1. The van der Waals surface area contributed by atoms with E-state index in [0.717, 1.165) is 22.7 Å². The predicted octanol–water partition coefficient (Wildman–Crippen LogP) is 3.96. The molecular formula is C14H17ClN2OS. The second kappa shape index (κ2) is 6.37. The Labute approximate surface area is 122 Å². The Bertz CT molecular complexity index is 554. The molecule has 0 saturated carbocycles. The molecule has 3 nitrogen and oxygen atoms in total. The van der Waals surface area contributed by atoms with Gasteiger partial charge in [0.05, 0.1) is 15.7 Å². The zero-order valence-corrected chi connectivity index (χ0v) is 12.6. The number of rotatable bonds is 5. The molecule has 0 bridgehead atoms. The van der Waals surface area contributed by atoms with Crippen LogP contribution in [0.1, 0.15) is 36.2 Å². The van der Waals surface area contributed by atoms with Crippen molar-refractivity contribution in [3.8, 4) is 5.75 Å². The highest BCUT2D eigenvalue weighted by Crippen LogP contribution is 2.28. The third-order valence-corrected chi connectivity index (χ3v) is 4.10. The van der Waals surface area contributed by atoms with Crippen molar-refractivity contribution in [3.63, 3.8) is 0 Å². The minimum Gasteiger partial charge on any atom is -0.486 e. The molecule has 1 aromatic heterocycles. The number of benzene rings is 1. The molecule has 1 atom stereocenters. The van der Waals surface area contributed by atoms with Gasteiger partial charge in [0.2, 0.25) is 0 Å². The van der Waals surface area contributed by atoms with Crippen molar-refractivity contribution in [1.29, 1.82) is 0 Å². The smallest absolute Gasteiger partial charge is 0.138 e. The van der Waals surface area contributed by atoms with Crippen molar-refractivity contribution in [2.75, 3.05) is 0 Å². The molecule has 0 aliphatic rings. The quantitative estimate of drug-likeness (QED) is 0.908. The number of halogens is 1. The molecule has 0 aliphatic heterocycles. The second-order valence-electron chi connectivity index (χ2n) is 4.35. The Kier molecular flexibility index (Phi) is 4.80. The minimum atomic E-state index is -0.0304. The normalized spacial score (nSPS) is 12.4. The van der Waals surface area contributed by atoms with Gasteiger partial charge in [-0.3, -0.25) is 0 Å². The molecule has 0 radical (unpaired) electrons. The highest BCUT2D eigenvalue weighted by Gasteiger charge is 2.07. The Morgan fingerprint density at radius 3 is 2.84 bits per heavy atom. The molecule has 2 aromatic rings. The van der Waals surface area contributed by atoms with Gasteiger partial charge in [-0.2, -0.15) is 0 Å². The summed E-state index contributed by atoms with van der Waals surface area (Å²) in [6, 6.07) is 5.61. The summed E-state index contributed by atoms with van der Waals surface area (Å²) in [7, 11) is 0. The molecule has 0 aliphatic carbocycles. The summed E-state index contributed by atoms with van der Waals surface area (Å²) in [5, 5.41) is 3.72. The van der Waals surface area contributed by atoms with Crippen molar-refractivity contribution in [2.45, 2.75) is 32.9 Å². The van der Waals surface area contributed by atoms with Crippen LogP contribution >= 0.6 is 22.9 Å². The number of aromatic nitrogens is 1. The zero-order chi connectivity index (χ0) is 13.8. The van der Waals surface area contributed by atoms with Crippen molar-refractivity contribution in [3.05, 3.63) is 44.9 Å². The number of thiazole rings is 1. The average Bonchev–Trinajstić information content (AvgIpc) is 2.85. The highest BCUT2D eigenvalue weighted by molar-refractivity contribution is 7.09. The fourth-order valence-electron chi connectivity index (χ4n) is 1.65. The number of hydrogen-bond acceptors (Lipinski definition) is 4. The van der Waals surface area contributed by atoms with Crippen LogP contribution in [-0.4, -0.2) is 4.98 Å². The van der Waals surface area contributed by atoms with E-state index in [1.807, 2.05) is 30.5 Å². The van der Waals surface area contributed by atoms with E-state index >= 15 is 0 Å². The number of nitrogens with two attached hydrogens (primary N) is 1. The third kappa shape index (κ3) is 3.69. The van der Waals surface area contributed by atoms with Gasteiger partial charge in [-0.15, -0.1) is 11.3 Å². The van der Waals surface area contributed by atoms with Crippen LogP contribution in [0.2, 0.25) is 5.02 Å². The molecule has 19 heavy (non-hydrogen) atoms. The van der Waals surface area contributed by atoms with Crippen molar-refractivity contribution in [1.82, 2.24) is 4.98 Å². The maximum absolute atomic E-state index is 6.17. The lowest BCUT2D eigenvalue weighted by atomic mass is 10.1. The number of hydrogen-bond donors (Lipinski definition) is 1. The first-order valence-corrected chi connectivity index (χ1v) is 7.47. The standard InChI is InChI=1S/C14H17ClN2OS/c1-3-14-17-11(8-19-14)7-18-13-5-4-10(9(2)16)6-12(13)15/h4-6,8-9H,3,7,16H2,1-2H3/t9-/m1/s1. The molecule has 5 heteroatoms. The first kappa shape index (κ1) is 14.3. The molecule has 102 valence electrons. The van der Waals surface area contributed by atoms with Gasteiger partial charge in [-0.05, 0) is 31.0 Å². The van der Waals surface area contributed by atoms with Crippen molar-refractivity contribution in [2.24, 2.45) is 5.73 Å². The maximum atomic E-state index is 6.17. The van der Waals surface area contributed by atoms with E-state index in [-0.39, 0.29) is 6.04 Å². The molecule has 0 unspecified atom stereocenters. The van der Waals surface area contributed by atoms with E-state index in [9.17, 15) is 0 Å². The molecule has 1 aromatic carbocycles. The Morgan fingerprint density at radius 2 is 2.26 bits per heavy atom. The van der Waals surface area contributed by atoms with Gasteiger partial charge in [-0.25, -0.2) is 4.98 Å². The minimum absolute atomic E-state index is 0.0304.